The maximum atomic E-state index is 13.0. The van der Waals surface area contributed by atoms with Gasteiger partial charge in [0.2, 0.25) is 0 Å². The minimum absolute atomic E-state index is 0.106. The van der Waals surface area contributed by atoms with Gasteiger partial charge in [-0.05, 0) is 37.5 Å². The van der Waals surface area contributed by atoms with Crippen molar-refractivity contribution >= 4 is 39.5 Å². The van der Waals surface area contributed by atoms with E-state index in [1.54, 1.807) is 0 Å². The van der Waals surface area contributed by atoms with Crippen molar-refractivity contribution < 1.29 is 80.2 Å². The monoisotopic (exact) mass is 1340 g/mol. The number of hydrogen-bond acceptors (Lipinski definition) is 15. The molecule has 91 heavy (non-hydrogen) atoms. The second-order valence-corrected chi connectivity index (χ2v) is 29.8. The maximum Gasteiger partial charge on any atom is 0.472 e. The minimum atomic E-state index is -4.95. The van der Waals surface area contributed by atoms with Gasteiger partial charge in [0, 0.05) is 25.7 Å². The minimum Gasteiger partial charge on any atom is -0.462 e. The fourth-order valence-electron chi connectivity index (χ4n) is 10.9. The van der Waals surface area contributed by atoms with Crippen LogP contribution in [-0.2, 0) is 65.4 Å². The summed E-state index contributed by atoms with van der Waals surface area (Å²) in [4.78, 5) is 72.7. The van der Waals surface area contributed by atoms with E-state index in [4.69, 9.17) is 37.0 Å². The number of esters is 4. The zero-order valence-corrected chi connectivity index (χ0v) is 60.9. The molecular weight excluding hydrogens is 1200 g/mol. The number of phosphoric ester groups is 2. The van der Waals surface area contributed by atoms with Gasteiger partial charge in [-0.3, -0.25) is 37.3 Å². The summed E-state index contributed by atoms with van der Waals surface area (Å²) in [5.74, 6) is -0.608. The van der Waals surface area contributed by atoms with Crippen LogP contribution in [0.4, 0.5) is 0 Å². The number of aliphatic hydroxyl groups is 1. The Labute approximate surface area is 556 Å². The highest BCUT2D eigenvalue weighted by Crippen LogP contribution is 2.45. The number of phosphoric acid groups is 2. The van der Waals surface area contributed by atoms with Gasteiger partial charge >= 0.3 is 39.5 Å². The molecule has 2 unspecified atom stereocenters. The van der Waals surface area contributed by atoms with E-state index in [1.165, 1.54) is 186 Å². The highest BCUT2D eigenvalue weighted by Gasteiger charge is 2.30. The Morgan fingerprint density at radius 2 is 0.505 bits per heavy atom. The van der Waals surface area contributed by atoms with Crippen molar-refractivity contribution in [3.63, 3.8) is 0 Å². The second-order valence-electron chi connectivity index (χ2n) is 26.9. The van der Waals surface area contributed by atoms with Crippen molar-refractivity contribution in [2.24, 2.45) is 11.8 Å². The topological polar surface area (TPSA) is 237 Å². The number of carbonyl (C=O) groups is 4. The Bertz CT molecular complexity index is 1770. The summed E-state index contributed by atoms with van der Waals surface area (Å²) >= 11 is 0. The van der Waals surface area contributed by atoms with Crippen LogP contribution in [0, 0.1) is 11.8 Å². The molecule has 0 aliphatic carbocycles. The molecule has 19 heteroatoms. The van der Waals surface area contributed by atoms with E-state index in [-0.39, 0.29) is 25.7 Å². The van der Waals surface area contributed by atoms with E-state index in [9.17, 15) is 43.2 Å². The van der Waals surface area contributed by atoms with Gasteiger partial charge in [-0.2, -0.15) is 0 Å². The lowest BCUT2D eigenvalue weighted by Gasteiger charge is -2.21. The Balaban J connectivity index is 5.26. The lowest BCUT2D eigenvalue weighted by Crippen LogP contribution is -2.30. The molecule has 0 aromatic rings. The molecule has 17 nitrogen and oxygen atoms in total. The molecule has 0 aliphatic rings. The summed E-state index contributed by atoms with van der Waals surface area (Å²) in [5, 5.41) is 10.6. The van der Waals surface area contributed by atoms with E-state index < -0.39 is 97.5 Å². The molecule has 0 radical (unpaired) electrons. The second kappa shape index (κ2) is 64.1. The third-order valence-electron chi connectivity index (χ3n) is 16.7. The third kappa shape index (κ3) is 66.5. The molecule has 0 aromatic heterocycles. The van der Waals surface area contributed by atoms with Crippen LogP contribution in [0.2, 0.25) is 0 Å². The van der Waals surface area contributed by atoms with E-state index in [0.717, 1.165) is 102 Å². The zero-order chi connectivity index (χ0) is 67.2. The number of rotatable bonds is 71. The van der Waals surface area contributed by atoms with E-state index in [1.807, 2.05) is 0 Å². The number of carbonyl (C=O) groups excluding carboxylic acids is 4. The Morgan fingerprint density at radius 1 is 0.297 bits per heavy atom. The molecule has 0 saturated carbocycles. The lowest BCUT2D eigenvalue weighted by atomic mass is 10.0. The van der Waals surface area contributed by atoms with Gasteiger partial charge in [0.15, 0.2) is 12.2 Å². The Hall–Kier alpha value is -1.94. The standard InChI is InChI=1S/C72H140O17P2/c1-7-9-11-13-15-17-19-21-23-32-38-44-50-56-71(76)88-67(60-82-69(74)54-48-42-36-30-22-20-18-16-14-12-10-8-2)62-86-90(78,79)84-58-66(73)59-85-91(80,81)87-63-68(89-72(77)57-51-45-39-33-27-25-29-35-41-47-53-65(5)6)61-83-70(75)55-49-43-37-31-26-24-28-34-40-46-52-64(3)4/h64-68,73H,7-63H2,1-6H3,(H,78,79)(H,80,81)/t66-,67+,68+/m0/s1. The summed E-state index contributed by atoms with van der Waals surface area (Å²) in [5.41, 5.74) is 0. The number of hydrogen-bond donors (Lipinski definition) is 3. The van der Waals surface area contributed by atoms with Crippen LogP contribution in [0.1, 0.15) is 369 Å². The van der Waals surface area contributed by atoms with Crippen molar-refractivity contribution in [3.05, 3.63) is 0 Å². The quantitative estimate of drug-likeness (QED) is 0.0222. The molecular formula is C72H140O17P2. The van der Waals surface area contributed by atoms with E-state index in [2.05, 4.69) is 41.5 Å². The lowest BCUT2D eigenvalue weighted by molar-refractivity contribution is -0.161. The number of ether oxygens (including phenoxy) is 4. The van der Waals surface area contributed by atoms with Gasteiger partial charge in [-0.1, -0.05) is 318 Å². The predicted molar refractivity (Wildman–Crippen MR) is 368 cm³/mol. The van der Waals surface area contributed by atoms with Crippen molar-refractivity contribution in [2.45, 2.75) is 387 Å². The molecule has 3 N–H and O–H groups in total. The molecule has 5 atom stereocenters. The van der Waals surface area contributed by atoms with Crippen LogP contribution in [0.25, 0.3) is 0 Å². The highest BCUT2D eigenvalue weighted by atomic mass is 31.2. The smallest absolute Gasteiger partial charge is 0.462 e. The first-order valence-corrected chi connectivity index (χ1v) is 40.5. The molecule has 0 aliphatic heterocycles. The summed E-state index contributed by atoms with van der Waals surface area (Å²) in [7, 11) is -9.90. The zero-order valence-electron chi connectivity index (χ0n) is 59.1. The summed E-state index contributed by atoms with van der Waals surface area (Å²) in [6, 6.07) is 0. The van der Waals surface area contributed by atoms with Crippen LogP contribution in [0.3, 0.4) is 0 Å². The normalized spacial score (nSPS) is 14.1. The van der Waals surface area contributed by atoms with Crippen LogP contribution in [0.5, 0.6) is 0 Å². The van der Waals surface area contributed by atoms with E-state index >= 15 is 0 Å². The first kappa shape index (κ1) is 89.1. The van der Waals surface area contributed by atoms with Crippen LogP contribution >= 0.6 is 15.6 Å². The first-order chi connectivity index (χ1) is 43.9. The number of aliphatic hydroxyl groups excluding tert-OH is 1. The molecule has 540 valence electrons. The molecule has 0 bridgehead atoms. The van der Waals surface area contributed by atoms with Crippen molar-refractivity contribution in [1.82, 2.24) is 0 Å². The van der Waals surface area contributed by atoms with Crippen molar-refractivity contribution in [2.75, 3.05) is 39.6 Å². The van der Waals surface area contributed by atoms with Crippen molar-refractivity contribution in [3.8, 4) is 0 Å². The van der Waals surface area contributed by atoms with Gasteiger partial charge in [0.25, 0.3) is 0 Å². The molecule has 0 amide bonds. The fraction of sp³-hybridized carbons (Fsp3) is 0.944. The fourth-order valence-corrected chi connectivity index (χ4v) is 12.5. The average Bonchev–Trinajstić information content (AvgIpc) is 3.72. The Kier molecular flexibility index (Phi) is 62.7. The van der Waals surface area contributed by atoms with Gasteiger partial charge in [0.1, 0.15) is 19.3 Å². The summed E-state index contributed by atoms with van der Waals surface area (Å²) in [6.45, 7) is 9.55. The Morgan fingerprint density at radius 3 is 0.747 bits per heavy atom. The SMILES string of the molecule is CCCCCCCCCCCCCCCC(=O)O[C@H](COC(=O)CCCCCCCCCCCCCC)COP(=O)(O)OC[C@H](O)COP(=O)(O)OC[C@@H](COC(=O)CCCCCCCCCCCCC(C)C)OC(=O)CCCCCCCCCCCCC(C)C. The highest BCUT2D eigenvalue weighted by molar-refractivity contribution is 7.47. The first-order valence-electron chi connectivity index (χ1n) is 37.5. The summed E-state index contributed by atoms with van der Waals surface area (Å²) < 4.78 is 68.4. The molecule has 0 saturated heterocycles. The van der Waals surface area contributed by atoms with E-state index in [0.29, 0.717) is 25.7 Å². The van der Waals surface area contributed by atoms with Crippen molar-refractivity contribution in [1.29, 1.82) is 0 Å². The predicted octanol–water partition coefficient (Wildman–Crippen LogP) is 20.8. The third-order valence-corrected chi connectivity index (χ3v) is 18.6. The average molecular weight is 1340 g/mol. The molecule has 0 spiro atoms. The van der Waals surface area contributed by atoms with Gasteiger partial charge in [-0.15, -0.1) is 0 Å². The molecule has 0 aromatic carbocycles. The molecule has 0 heterocycles. The van der Waals surface area contributed by atoms with Crippen LogP contribution in [-0.4, -0.2) is 96.7 Å². The number of unbranched alkanes of at least 4 members (excludes halogenated alkanes) is 41. The van der Waals surface area contributed by atoms with Gasteiger partial charge in [-0.25, -0.2) is 9.13 Å². The van der Waals surface area contributed by atoms with Gasteiger partial charge in [0.05, 0.1) is 26.4 Å². The largest absolute Gasteiger partial charge is 0.472 e. The molecule has 0 rings (SSSR count). The summed E-state index contributed by atoms with van der Waals surface area (Å²) in [6.07, 6.45) is 49.8. The maximum absolute atomic E-state index is 13.0. The van der Waals surface area contributed by atoms with Crippen LogP contribution in [0.15, 0.2) is 0 Å². The van der Waals surface area contributed by atoms with Crippen LogP contribution < -0.4 is 0 Å². The molecule has 0 fully saturated rings. The van der Waals surface area contributed by atoms with Gasteiger partial charge < -0.3 is 33.8 Å².